The number of carbonyl (C=O) groups excluding carboxylic acids is 3. The zero-order valence-corrected chi connectivity index (χ0v) is 21.1. The van der Waals surface area contributed by atoms with Gasteiger partial charge >= 0.3 is 6.08 Å². The minimum Gasteiger partial charge on any atom is -0.543 e. The predicted molar refractivity (Wildman–Crippen MR) is 129 cm³/mol. The Balaban J connectivity index is 1.32. The largest absolute Gasteiger partial charge is 0.543 e. The van der Waals surface area contributed by atoms with Crippen LogP contribution in [0.4, 0.5) is 5.13 Å². The van der Waals surface area contributed by atoms with Crippen LogP contribution in [0.15, 0.2) is 50.9 Å². The third-order valence-corrected chi connectivity index (χ3v) is 7.64. The Morgan fingerprint density at radius 2 is 2.16 bits per heavy atom. The van der Waals surface area contributed by atoms with Gasteiger partial charge in [0, 0.05) is 34.4 Å². The number of pyridine rings is 1. The lowest BCUT2D eigenvalue weighted by molar-refractivity contribution is -0.689. The summed E-state index contributed by atoms with van der Waals surface area (Å²) in [7, 11) is 1.26. The second-order valence-electron chi connectivity index (χ2n) is 7.95. The molecule has 0 aliphatic carbocycles. The summed E-state index contributed by atoms with van der Waals surface area (Å²) >= 11 is 2.41. The first-order valence-corrected chi connectivity index (χ1v) is 12.7. The number of anilines is 1. The predicted octanol–water partition coefficient (Wildman–Crippen LogP) is -1.78. The van der Waals surface area contributed by atoms with E-state index in [9.17, 15) is 24.6 Å². The Hall–Kier alpha value is -4.51. The first kappa shape index (κ1) is 25.2. The van der Waals surface area contributed by atoms with E-state index in [1.54, 1.807) is 29.1 Å². The van der Waals surface area contributed by atoms with Gasteiger partial charge in [0.1, 0.15) is 24.2 Å². The summed E-state index contributed by atoms with van der Waals surface area (Å²) in [4.78, 5) is 51.5. The van der Waals surface area contributed by atoms with Gasteiger partial charge in [-0.3, -0.25) is 19.0 Å². The van der Waals surface area contributed by atoms with Crippen LogP contribution in [0.25, 0.3) is 11.4 Å². The fourth-order valence-electron chi connectivity index (χ4n) is 3.96. The highest BCUT2D eigenvalue weighted by Gasteiger charge is 2.53. The molecule has 1 fully saturated rings. The maximum absolute atomic E-state index is 13.0. The van der Waals surface area contributed by atoms with E-state index < -0.39 is 35.3 Å². The number of fused-ring (bicyclic) bond motifs is 1. The van der Waals surface area contributed by atoms with Crippen molar-refractivity contribution >= 4 is 51.7 Å². The van der Waals surface area contributed by atoms with Gasteiger partial charge < -0.3 is 30.9 Å². The second kappa shape index (κ2) is 10.1. The Bertz CT molecular complexity index is 1480. The summed E-state index contributed by atoms with van der Waals surface area (Å²) in [5.74, 6) is -2.34. The number of hydrogen-bond acceptors (Lipinski definition) is 14. The number of carbonyl (C=O) groups is 3. The van der Waals surface area contributed by atoms with Crippen LogP contribution in [0.5, 0.6) is 6.08 Å². The fraction of sp³-hybridized carbons (Fsp3) is 0.238. The Morgan fingerprint density at radius 3 is 2.76 bits per heavy atom. The summed E-state index contributed by atoms with van der Waals surface area (Å²) < 4.78 is 6.26. The molecule has 3 aromatic rings. The average Bonchev–Trinajstić information content (AvgIpc) is 3.53. The molecule has 5 heterocycles. The highest BCUT2D eigenvalue weighted by atomic mass is 32.2. The Morgan fingerprint density at radius 1 is 1.39 bits per heavy atom. The van der Waals surface area contributed by atoms with E-state index >= 15 is 0 Å². The fourth-order valence-corrected chi connectivity index (χ4v) is 5.84. The number of nitrogens with two attached hydrogens (primary N) is 1. The molecule has 2 atom stereocenters. The van der Waals surface area contributed by atoms with Gasteiger partial charge in [0.2, 0.25) is 5.82 Å². The molecule has 0 bridgehead atoms. The average molecular weight is 559 g/mol. The molecule has 0 unspecified atom stereocenters. The topological polar surface area (TPSA) is 213 Å². The van der Waals surface area contributed by atoms with Crippen molar-refractivity contribution in [3.8, 4) is 17.5 Å². The van der Waals surface area contributed by atoms with Gasteiger partial charge in [-0.2, -0.15) is 4.98 Å². The van der Waals surface area contributed by atoms with Gasteiger partial charge in [-0.05, 0) is 0 Å². The van der Waals surface area contributed by atoms with Crippen LogP contribution in [0.1, 0.15) is 5.69 Å². The van der Waals surface area contributed by atoms with Gasteiger partial charge in [0.25, 0.3) is 11.8 Å². The molecule has 196 valence electrons. The van der Waals surface area contributed by atoms with E-state index in [2.05, 4.69) is 30.1 Å². The molecule has 4 N–H and O–H groups in total. The standard InChI is InChI=1S/C21H18N8O7S2/c1-35-26-12(11-8-38-20(22)23-11)16(30)24-13-17(31)29-14(19(32)33)10(7-37-18(13)29)6-28-4-2-9(3-5-28)15-25-21(34)36-27-15/h2-5,8,13,18H,6-7H2,1H3,(H4-,22,23,24,25,27,30,32,33,34)/b26-12-/t13-,18-/m1/s1. The highest BCUT2D eigenvalue weighted by molar-refractivity contribution is 8.00. The smallest absolute Gasteiger partial charge is 0.415 e. The van der Waals surface area contributed by atoms with Crippen LogP contribution in [-0.2, 0) is 25.8 Å². The first-order valence-electron chi connectivity index (χ1n) is 10.8. The number of oxime groups is 1. The van der Waals surface area contributed by atoms with E-state index in [4.69, 9.17) is 10.6 Å². The van der Waals surface area contributed by atoms with Crippen molar-refractivity contribution in [1.29, 1.82) is 0 Å². The van der Waals surface area contributed by atoms with Crippen molar-refractivity contribution in [1.82, 2.24) is 25.3 Å². The number of thioether (sulfide) groups is 1. The maximum Gasteiger partial charge on any atom is 0.415 e. The van der Waals surface area contributed by atoms with E-state index in [-0.39, 0.29) is 40.4 Å². The Labute approximate surface area is 221 Å². The number of nitrogen functional groups attached to an aromatic ring is 1. The number of hydrogen-bond donors (Lipinski definition) is 3. The quantitative estimate of drug-likeness (QED) is 0.121. The molecular weight excluding hydrogens is 540 g/mol. The molecule has 1 saturated heterocycles. The number of amides is 2. The lowest BCUT2D eigenvalue weighted by Crippen LogP contribution is -2.71. The van der Waals surface area contributed by atoms with E-state index in [1.807, 2.05) is 0 Å². The molecule has 5 rings (SSSR count). The number of thiazole rings is 1. The highest BCUT2D eigenvalue weighted by Crippen LogP contribution is 2.40. The lowest BCUT2D eigenvalue weighted by Gasteiger charge is -2.50. The van der Waals surface area contributed by atoms with Crippen LogP contribution in [0.2, 0.25) is 0 Å². The molecule has 3 aromatic heterocycles. The molecule has 38 heavy (non-hydrogen) atoms. The van der Waals surface area contributed by atoms with Gasteiger partial charge in [-0.15, -0.1) is 23.1 Å². The molecule has 0 spiro atoms. The van der Waals surface area contributed by atoms with Gasteiger partial charge in [-0.25, -0.2) is 9.55 Å². The molecule has 2 aliphatic heterocycles. The zero-order valence-electron chi connectivity index (χ0n) is 19.4. The summed E-state index contributed by atoms with van der Waals surface area (Å²) in [6.45, 7) is 0.164. The van der Waals surface area contributed by atoms with Crippen molar-refractivity contribution in [2.75, 3.05) is 18.6 Å². The number of nitrogens with zero attached hydrogens (tertiary/aromatic N) is 6. The minimum atomic E-state index is -1.50. The van der Waals surface area contributed by atoms with E-state index in [0.717, 1.165) is 16.2 Å². The van der Waals surface area contributed by atoms with Crippen molar-refractivity contribution in [3.63, 3.8) is 0 Å². The molecule has 2 amide bonds. The number of carboxylic acids is 1. The second-order valence-corrected chi connectivity index (χ2v) is 9.95. The number of carboxylic acid groups (broad SMARTS) is 1. The van der Waals surface area contributed by atoms with Gasteiger partial charge in [-0.1, -0.05) is 10.3 Å². The third-order valence-electron chi connectivity index (χ3n) is 5.63. The number of aromatic nitrogens is 4. The van der Waals surface area contributed by atoms with Crippen LogP contribution in [0.3, 0.4) is 0 Å². The summed E-state index contributed by atoms with van der Waals surface area (Å²) in [5.41, 5.74) is 6.45. The van der Waals surface area contributed by atoms with Crippen molar-refractivity contribution in [3.05, 3.63) is 46.9 Å². The van der Waals surface area contributed by atoms with Gasteiger partial charge in [0.15, 0.2) is 29.8 Å². The van der Waals surface area contributed by atoms with Crippen LogP contribution in [0, 0.1) is 0 Å². The van der Waals surface area contributed by atoms with E-state index in [0.29, 0.717) is 11.1 Å². The molecule has 0 radical (unpaired) electrons. The van der Waals surface area contributed by atoms with Crippen LogP contribution in [-0.4, -0.2) is 72.9 Å². The number of aliphatic carboxylic acids is 1. The maximum atomic E-state index is 13.0. The number of rotatable bonds is 8. The molecular formula is C21H18N8O7S2. The summed E-state index contributed by atoms with van der Waals surface area (Å²) in [6.07, 6.45) is 2.78. The molecule has 17 heteroatoms. The molecule has 0 saturated carbocycles. The summed E-state index contributed by atoms with van der Waals surface area (Å²) in [5, 5.41) is 32.3. The molecule has 15 nitrogen and oxygen atoms in total. The van der Waals surface area contributed by atoms with Crippen LogP contribution < -0.4 is 20.7 Å². The number of nitrogens with one attached hydrogen (secondary N) is 1. The van der Waals surface area contributed by atoms with Crippen molar-refractivity contribution in [2.24, 2.45) is 5.16 Å². The number of aromatic hydroxyl groups is 1. The summed E-state index contributed by atoms with van der Waals surface area (Å²) in [6, 6.07) is 2.34. The van der Waals surface area contributed by atoms with Gasteiger partial charge in [0.05, 0.1) is 11.7 Å². The first-order chi connectivity index (χ1) is 18.3. The third kappa shape index (κ3) is 4.63. The minimum absolute atomic E-state index is 0.164. The Kier molecular flexibility index (Phi) is 6.68. The van der Waals surface area contributed by atoms with Crippen LogP contribution >= 0.6 is 23.1 Å². The van der Waals surface area contributed by atoms with E-state index in [1.165, 1.54) is 24.3 Å². The number of β-lactam (4-membered cyclic amide) rings is 1. The van der Waals surface area contributed by atoms with Crippen molar-refractivity contribution < 1.29 is 38.5 Å². The molecule has 2 aliphatic rings. The van der Waals surface area contributed by atoms with Crippen molar-refractivity contribution in [2.45, 2.75) is 18.0 Å². The lowest BCUT2D eigenvalue weighted by atomic mass is 10.0. The zero-order chi connectivity index (χ0) is 27.0. The molecule has 0 aromatic carbocycles. The monoisotopic (exact) mass is 558 g/mol. The normalized spacial score (nSPS) is 19.1. The SMILES string of the molecule is CO/N=C(\C(=O)N[C@@H]1C(=O)N2C(C(=O)[O-])=C(C[n+]3ccc(-c4noc(O)n4)cc3)CS[C@H]12)c1csc(N)n1.